The van der Waals surface area contributed by atoms with Crippen molar-refractivity contribution in [2.45, 2.75) is 45.1 Å². The number of benzene rings is 2. The van der Waals surface area contributed by atoms with Crippen LogP contribution in [0.5, 0.6) is 0 Å². The highest BCUT2D eigenvalue weighted by atomic mass is 16.4. The van der Waals surface area contributed by atoms with Crippen molar-refractivity contribution in [3.05, 3.63) is 48.0 Å². The predicted molar refractivity (Wildman–Crippen MR) is 131 cm³/mol. The molecular formula is C23H34BN5O4. The third kappa shape index (κ3) is 8.40. The van der Waals surface area contributed by atoms with Gasteiger partial charge in [0.25, 0.3) is 5.91 Å². The van der Waals surface area contributed by atoms with E-state index in [9.17, 15) is 19.6 Å². The number of amides is 2. The largest absolute Gasteiger partial charge is 0.475 e. The van der Waals surface area contributed by atoms with Crippen LogP contribution in [-0.4, -0.2) is 60.5 Å². The van der Waals surface area contributed by atoms with Crippen molar-refractivity contribution < 1.29 is 19.6 Å². The highest BCUT2D eigenvalue weighted by molar-refractivity contribution is 6.43. The molecule has 0 bridgehead atoms. The first-order valence-electron chi connectivity index (χ1n) is 11.2. The average Bonchev–Trinajstić information content (AvgIpc) is 2.79. The fourth-order valence-electron chi connectivity index (χ4n) is 3.50. The van der Waals surface area contributed by atoms with Gasteiger partial charge in [0.05, 0.1) is 5.94 Å². The van der Waals surface area contributed by atoms with E-state index in [2.05, 4.69) is 21.3 Å². The average molecular weight is 455 g/mol. The maximum Gasteiger partial charge on any atom is 0.475 e. The zero-order chi connectivity index (χ0) is 24.4. The second-order valence-electron chi connectivity index (χ2n) is 8.44. The molecule has 0 aliphatic heterocycles. The van der Waals surface area contributed by atoms with E-state index in [0.717, 1.165) is 10.8 Å². The number of rotatable bonds is 11. The molecule has 33 heavy (non-hydrogen) atoms. The van der Waals surface area contributed by atoms with Crippen molar-refractivity contribution in [3.8, 4) is 0 Å². The molecule has 9 nitrogen and oxygen atoms in total. The maximum atomic E-state index is 13.0. The van der Waals surface area contributed by atoms with Gasteiger partial charge < -0.3 is 31.3 Å². The zero-order valence-corrected chi connectivity index (χ0v) is 19.4. The molecule has 0 saturated carbocycles. The molecule has 0 aliphatic carbocycles. The van der Waals surface area contributed by atoms with E-state index in [1.807, 2.05) is 44.2 Å². The van der Waals surface area contributed by atoms with Gasteiger partial charge in [-0.25, -0.2) is 0 Å². The van der Waals surface area contributed by atoms with E-state index < -0.39 is 25.0 Å². The van der Waals surface area contributed by atoms with Crippen LogP contribution >= 0.6 is 0 Å². The Morgan fingerprint density at radius 2 is 1.76 bits per heavy atom. The smallest absolute Gasteiger partial charge is 0.426 e. The summed E-state index contributed by atoms with van der Waals surface area (Å²) in [6, 6.07) is 12.2. The number of nitrogens with one attached hydrogen (secondary N) is 5. The minimum Gasteiger partial charge on any atom is -0.426 e. The molecule has 0 fully saturated rings. The van der Waals surface area contributed by atoms with E-state index in [1.54, 1.807) is 19.2 Å². The van der Waals surface area contributed by atoms with E-state index in [-0.39, 0.29) is 17.8 Å². The fourth-order valence-corrected chi connectivity index (χ4v) is 3.50. The van der Waals surface area contributed by atoms with Gasteiger partial charge >= 0.3 is 7.12 Å². The molecule has 2 aromatic carbocycles. The van der Waals surface area contributed by atoms with Gasteiger partial charge in [0.1, 0.15) is 6.04 Å². The van der Waals surface area contributed by atoms with E-state index in [0.29, 0.717) is 31.4 Å². The van der Waals surface area contributed by atoms with E-state index in [1.165, 1.54) is 0 Å². The van der Waals surface area contributed by atoms with Gasteiger partial charge in [-0.2, -0.15) is 0 Å². The Morgan fingerprint density at radius 1 is 1.06 bits per heavy atom. The number of carbonyl (C=O) groups is 2. The number of guanidine groups is 1. The molecule has 2 rings (SSSR count). The van der Waals surface area contributed by atoms with Crippen LogP contribution < -0.4 is 21.3 Å². The van der Waals surface area contributed by atoms with Crippen molar-refractivity contribution in [2.75, 3.05) is 13.6 Å². The second-order valence-corrected chi connectivity index (χ2v) is 8.44. The Morgan fingerprint density at radius 3 is 2.39 bits per heavy atom. The zero-order valence-electron chi connectivity index (χ0n) is 19.4. The minimum absolute atomic E-state index is 0.138. The number of carbonyl (C=O) groups excluding carboxylic acids is 2. The Hall–Kier alpha value is -3.11. The topological polar surface area (TPSA) is 147 Å². The van der Waals surface area contributed by atoms with Crippen LogP contribution in [0.1, 0.15) is 43.5 Å². The number of hydrogen-bond donors (Lipinski definition) is 7. The molecule has 0 aromatic heterocycles. The highest BCUT2D eigenvalue weighted by Gasteiger charge is 2.30. The summed E-state index contributed by atoms with van der Waals surface area (Å²) in [5.41, 5.74) is 0.433. The molecule has 7 N–H and O–H groups in total. The Labute approximate surface area is 195 Å². The summed E-state index contributed by atoms with van der Waals surface area (Å²) in [6.45, 7) is 4.28. The van der Waals surface area contributed by atoms with Crippen molar-refractivity contribution in [1.29, 1.82) is 5.41 Å². The van der Waals surface area contributed by atoms with E-state index >= 15 is 0 Å². The van der Waals surface area contributed by atoms with Crippen molar-refractivity contribution >= 4 is 35.7 Å². The summed E-state index contributed by atoms with van der Waals surface area (Å²) in [5.74, 6) is -1.40. The quantitative estimate of drug-likeness (QED) is 0.117. The number of hydrogen-bond acceptors (Lipinski definition) is 5. The fraction of sp³-hybridized carbons (Fsp3) is 0.435. The molecule has 2 amide bonds. The molecule has 0 unspecified atom stereocenters. The molecule has 2 atom stereocenters. The lowest BCUT2D eigenvalue weighted by molar-refractivity contribution is -0.123. The summed E-state index contributed by atoms with van der Waals surface area (Å²) in [5, 5.41) is 39.8. The third-order valence-electron chi connectivity index (χ3n) is 5.27. The summed E-state index contributed by atoms with van der Waals surface area (Å²) >= 11 is 0. The molecule has 0 spiro atoms. The normalized spacial score (nSPS) is 12.7. The Bertz CT molecular complexity index is 953. The van der Waals surface area contributed by atoms with Gasteiger partial charge in [-0.05, 0) is 48.1 Å². The molecule has 0 radical (unpaired) electrons. The van der Waals surface area contributed by atoms with Gasteiger partial charge in [-0.1, -0.05) is 44.2 Å². The lowest BCUT2D eigenvalue weighted by Crippen LogP contribution is -2.54. The van der Waals surface area contributed by atoms with Gasteiger partial charge in [-0.3, -0.25) is 15.0 Å². The standard InChI is InChI=1S/C23H34BN5O4/c1-15(2)13-20(24(32)33)29-22(31)19(9-6-12-27-23(25)26-3)28-21(30)18-11-10-16-7-4-5-8-17(16)14-18/h4-5,7-8,10-11,14-15,19-20,32-33H,6,9,12-13H2,1-3H3,(H,28,30)(H,29,31)(H3,25,26,27)/t19-,20-/m0/s1. The van der Waals surface area contributed by atoms with Gasteiger partial charge in [0.15, 0.2) is 5.96 Å². The summed E-state index contributed by atoms with van der Waals surface area (Å²) in [7, 11) is -0.0734. The van der Waals surface area contributed by atoms with Crippen LogP contribution in [-0.2, 0) is 4.79 Å². The summed E-state index contributed by atoms with van der Waals surface area (Å²) < 4.78 is 0. The Kier molecular flexibility index (Phi) is 10.2. The lowest BCUT2D eigenvalue weighted by Gasteiger charge is -2.24. The lowest BCUT2D eigenvalue weighted by atomic mass is 9.75. The molecule has 0 heterocycles. The predicted octanol–water partition coefficient (Wildman–Crippen LogP) is 1.01. The van der Waals surface area contributed by atoms with E-state index in [4.69, 9.17) is 5.41 Å². The first-order chi connectivity index (χ1) is 15.7. The number of fused-ring (bicyclic) bond motifs is 1. The first-order valence-corrected chi connectivity index (χ1v) is 11.2. The monoisotopic (exact) mass is 455 g/mol. The SMILES string of the molecule is CNC(=N)NCCC[C@H](NC(=O)c1ccc2ccccc2c1)C(=O)N[C@@H](CC(C)C)B(O)O. The molecule has 2 aromatic rings. The molecular weight excluding hydrogens is 421 g/mol. The third-order valence-corrected chi connectivity index (χ3v) is 5.27. The maximum absolute atomic E-state index is 13.0. The second kappa shape index (κ2) is 12.8. The van der Waals surface area contributed by atoms with Crippen LogP contribution in [0.25, 0.3) is 10.8 Å². The summed E-state index contributed by atoms with van der Waals surface area (Å²) in [4.78, 5) is 25.9. The van der Waals surface area contributed by atoms with Crippen molar-refractivity contribution in [2.24, 2.45) is 5.92 Å². The molecule has 178 valence electrons. The van der Waals surface area contributed by atoms with Crippen LogP contribution in [0.2, 0.25) is 0 Å². The minimum atomic E-state index is -1.70. The van der Waals surface area contributed by atoms with Gasteiger partial charge in [0, 0.05) is 19.2 Å². The van der Waals surface area contributed by atoms with Crippen LogP contribution in [0.3, 0.4) is 0 Å². The highest BCUT2D eigenvalue weighted by Crippen LogP contribution is 2.16. The van der Waals surface area contributed by atoms with Gasteiger partial charge in [-0.15, -0.1) is 0 Å². The molecule has 10 heteroatoms. The van der Waals surface area contributed by atoms with Crippen molar-refractivity contribution in [1.82, 2.24) is 21.3 Å². The van der Waals surface area contributed by atoms with Gasteiger partial charge in [0.2, 0.25) is 5.91 Å². The van der Waals surface area contributed by atoms with Crippen molar-refractivity contribution in [3.63, 3.8) is 0 Å². The van der Waals surface area contributed by atoms with Crippen LogP contribution in [0, 0.1) is 11.3 Å². The van der Waals surface area contributed by atoms with Crippen LogP contribution in [0.4, 0.5) is 0 Å². The molecule has 0 aliphatic rings. The Balaban J connectivity index is 2.12. The van der Waals surface area contributed by atoms with Crippen LogP contribution in [0.15, 0.2) is 42.5 Å². The molecule has 0 saturated heterocycles. The summed E-state index contributed by atoms with van der Waals surface area (Å²) in [6.07, 6.45) is 1.21. The first kappa shape index (κ1) is 26.1.